The average molecular weight is 509 g/mol. The molecule has 28 heavy (non-hydrogen) atoms. The van der Waals surface area contributed by atoms with Gasteiger partial charge in [-0.2, -0.15) is 0 Å². The van der Waals surface area contributed by atoms with Crippen LogP contribution in [0.15, 0.2) is 18.2 Å². The van der Waals surface area contributed by atoms with Crippen LogP contribution in [0.1, 0.15) is 10.4 Å². The summed E-state index contributed by atoms with van der Waals surface area (Å²) in [5, 5.41) is 10.5. The first-order valence-corrected chi connectivity index (χ1v) is 11.8. The van der Waals surface area contributed by atoms with Crippen molar-refractivity contribution in [2.45, 2.75) is 6.92 Å². The van der Waals surface area contributed by atoms with Gasteiger partial charge >= 0.3 is 178 Å². The van der Waals surface area contributed by atoms with Gasteiger partial charge in [-0.15, -0.1) is 0 Å². The predicted molar refractivity (Wildman–Crippen MR) is 104 cm³/mol. The van der Waals surface area contributed by atoms with E-state index in [1.165, 1.54) is 11.3 Å². The van der Waals surface area contributed by atoms with Crippen LogP contribution in [-0.2, 0) is 4.74 Å². The molecule has 9 heteroatoms. The third-order valence-electron chi connectivity index (χ3n) is 4.45. The van der Waals surface area contributed by atoms with E-state index in [1.54, 1.807) is 14.2 Å². The number of rotatable bonds is 4. The minimum absolute atomic E-state index is 0.315. The fourth-order valence-corrected chi connectivity index (χ4v) is 6.05. The summed E-state index contributed by atoms with van der Waals surface area (Å²) in [7, 11) is 3.22. The van der Waals surface area contributed by atoms with E-state index in [4.69, 9.17) is 24.2 Å². The number of ether oxygens (including phenoxy) is 3. The van der Waals surface area contributed by atoms with E-state index in [-0.39, 0.29) is 21.5 Å². The summed E-state index contributed by atoms with van der Waals surface area (Å²) in [6.07, 6.45) is 0. The molecule has 0 amide bonds. The fourth-order valence-electron chi connectivity index (χ4n) is 3.02. The van der Waals surface area contributed by atoms with Crippen molar-refractivity contribution >= 4 is 27.4 Å². The van der Waals surface area contributed by atoms with Crippen LogP contribution in [0.4, 0.5) is 5.82 Å². The van der Waals surface area contributed by atoms with Gasteiger partial charge in [-0.05, 0) is 0 Å². The molecular weight excluding hydrogens is 491 g/mol. The predicted octanol–water partition coefficient (Wildman–Crippen LogP) is 0.354. The van der Waals surface area contributed by atoms with Crippen molar-refractivity contribution in [3.05, 3.63) is 28.6 Å². The minimum atomic E-state index is -0.315. The van der Waals surface area contributed by atoms with Gasteiger partial charge in [0.05, 0.1) is 0 Å². The second kappa shape index (κ2) is 8.06. The second-order valence-corrected chi connectivity index (χ2v) is 9.48. The topological polar surface area (TPSA) is 80.5 Å². The number of hydrogen-bond acceptors (Lipinski definition) is 8. The normalized spacial score (nSPS) is 14.4. The Morgan fingerprint density at radius 1 is 1.25 bits per heavy atom. The Morgan fingerprint density at radius 2 is 2.07 bits per heavy atom. The Balaban J connectivity index is 1.91. The van der Waals surface area contributed by atoms with Crippen molar-refractivity contribution < 1.29 is 35.7 Å². The van der Waals surface area contributed by atoms with Crippen LogP contribution in [0.5, 0.6) is 11.5 Å². The van der Waals surface area contributed by atoms with E-state index in [0.29, 0.717) is 28.8 Å². The number of thiophene rings is 1. The molecule has 1 saturated heterocycles. The molecular formula is C19H18IN4O3S-. The number of fused-ring (bicyclic) bond motifs is 1. The molecule has 0 saturated carbocycles. The van der Waals surface area contributed by atoms with Gasteiger partial charge < -0.3 is 0 Å². The first-order chi connectivity index (χ1) is 13.7. The molecule has 0 spiro atoms. The molecule has 0 unspecified atom stereocenters. The van der Waals surface area contributed by atoms with Crippen LogP contribution in [0, 0.1) is 18.3 Å². The van der Waals surface area contributed by atoms with Crippen LogP contribution in [0.3, 0.4) is 0 Å². The van der Waals surface area contributed by atoms with Crippen LogP contribution in [-0.4, -0.2) is 42.0 Å². The molecule has 0 aliphatic carbocycles. The number of alkyl halides is 1. The number of methoxy groups -OCH3 is 2. The molecule has 0 atom stereocenters. The molecule has 1 aromatic carbocycles. The van der Waals surface area contributed by atoms with Crippen molar-refractivity contribution in [2.24, 2.45) is 0 Å². The van der Waals surface area contributed by atoms with Crippen LogP contribution in [0.2, 0.25) is 0 Å². The monoisotopic (exact) mass is 509 g/mol. The fraction of sp³-hybridized carbons (Fsp3) is 0.316. The van der Waals surface area contributed by atoms with Crippen molar-refractivity contribution in [3.8, 4) is 29.0 Å². The van der Waals surface area contributed by atoms with Crippen LogP contribution in [0.25, 0.3) is 21.6 Å². The number of halogens is 1. The standard InChI is InChI=1S/C19H18IN4O3S/c1-11-15(9-21)28-19-16(11)18(24-6-7-27-10-20-24)22-17(23-19)12-4-5-13(25-2)14(8-12)26-3/h4-5,8H,6-7,10H2,1-3H3/q-1. The Hall–Kier alpha value is -2.16. The number of aryl methyl sites for hydroxylation is 1. The number of nitrogens with zero attached hydrogens (tertiary/aromatic N) is 4. The average Bonchev–Trinajstić information content (AvgIpc) is 3.08. The third kappa shape index (κ3) is 3.36. The van der Waals surface area contributed by atoms with Gasteiger partial charge in [0.1, 0.15) is 0 Å². The maximum absolute atomic E-state index is 9.49. The summed E-state index contributed by atoms with van der Waals surface area (Å²) in [6, 6.07) is 7.94. The van der Waals surface area contributed by atoms with E-state index < -0.39 is 0 Å². The van der Waals surface area contributed by atoms with Crippen molar-refractivity contribution in [3.63, 3.8) is 0 Å². The summed E-state index contributed by atoms with van der Waals surface area (Å²) in [5.74, 6) is 2.81. The Morgan fingerprint density at radius 3 is 2.75 bits per heavy atom. The Kier molecular flexibility index (Phi) is 5.52. The molecule has 0 bridgehead atoms. The molecule has 4 rings (SSSR count). The van der Waals surface area contributed by atoms with Gasteiger partial charge in [0, 0.05) is 0 Å². The van der Waals surface area contributed by atoms with Crippen molar-refractivity contribution in [1.82, 2.24) is 9.97 Å². The third-order valence-corrected chi connectivity index (χ3v) is 8.02. The quantitative estimate of drug-likeness (QED) is 0.286. The molecule has 0 N–H and O–H groups in total. The maximum atomic E-state index is 9.49. The second-order valence-electron chi connectivity index (χ2n) is 6.01. The first kappa shape index (κ1) is 19.2. The molecule has 1 aliphatic rings. The summed E-state index contributed by atoms with van der Waals surface area (Å²) >= 11 is 1.10. The molecule has 1 fully saturated rings. The number of anilines is 1. The van der Waals surface area contributed by atoms with E-state index >= 15 is 0 Å². The molecule has 146 valence electrons. The summed E-state index contributed by atoms with van der Waals surface area (Å²) in [4.78, 5) is 11.2. The molecule has 7 nitrogen and oxygen atoms in total. The van der Waals surface area contributed by atoms with Crippen molar-refractivity contribution in [1.29, 1.82) is 5.26 Å². The zero-order chi connectivity index (χ0) is 19.7. The van der Waals surface area contributed by atoms with E-state index in [1.807, 2.05) is 25.1 Å². The van der Waals surface area contributed by atoms with Gasteiger partial charge in [-0.1, -0.05) is 0 Å². The molecule has 3 aromatic rings. The molecule has 0 radical (unpaired) electrons. The summed E-state index contributed by atoms with van der Waals surface area (Å²) in [5.41, 5.74) is 1.80. The van der Waals surface area contributed by atoms with Crippen LogP contribution >= 0.6 is 11.3 Å². The number of nitriles is 1. The Labute approximate surface area is 177 Å². The van der Waals surface area contributed by atoms with Gasteiger partial charge in [0.15, 0.2) is 0 Å². The van der Waals surface area contributed by atoms with E-state index in [9.17, 15) is 5.26 Å². The number of benzene rings is 1. The first-order valence-electron chi connectivity index (χ1n) is 8.54. The zero-order valence-electron chi connectivity index (χ0n) is 15.7. The van der Waals surface area contributed by atoms with Gasteiger partial charge in [-0.25, -0.2) is 0 Å². The SMILES string of the molecule is COc1ccc(-c2nc(N3CCOC[I-]3)c3c(C)c(C#N)sc3n2)cc1OC. The number of hydrogen-bond donors (Lipinski definition) is 0. The summed E-state index contributed by atoms with van der Waals surface area (Å²) < 4.78 is 19.4. The van der Waals surface area contributed by atoms with Crippen LogP contribution < -0.4 is 34.1 Å². The van der Waals surface area contributed by atoms with E-state index in [0.717, 1.165) is 38.3 Å². The molecule has 2 aromatic heterocycles. The van der Waals surface area contributed by atoms with Crippen molar-refractivity contribution in [2.75, 3.05) is 35.1 Å². The summed E-state index contributed by atoms with van der Waals surface area (Å²) in [6.45, 7) is 3.46. The Bertz CT molecular complexity index is 1070. The van der Waals surface area contributed by atoms with E-state index in [2.05, 4.69) is 9.18 Å². The molecule has 3 heterocycles. The van der Waals surface area contributed by atoms with Gasteiger partial charge in [0.2, 0.25) is 0 Å². The molecule has 1 aliphatic heterocycles. The van der Waals surface area contributed by atoms with Gasteiger partial charge in [-0.3, -0.25) is 0 Å². The zero-order valence-corrected chi connectivity index (χ0v) is 18.6. The number of aromatic nitrogens is 2. The van der Waals surface area contributed by atoms with Gasteiger partial charge in [0.25, 0.3) is 0 Å².